The van der Waals surface area contributed by atoms with E-state index in [-0.39, 0.29) is 12.0 Å². The molecule has 1 aromatic heterocycles. The molecule has 20 heavy (non-hydrogen) atoms. The van der Waals surface area contributed by atoms with Crippen LogP contribution in [0.25, 0.3) is 0 Å². The van der Waals surface area contributed by atoms with Gasteiger partial charge in [-0.2, -0.15) is 5.10 Å². The van der Waals surface area contributed by atoms with E-state index in [1.165, 1.54) is 0 Å². The van der Waals surface area contributed by atoms with Crippen molar-refractivity contribution in [1.29, 1.82) is 0 Å². The number of carbonyl (C=O) groups is 1. The normalized spacial score (nSPS) is 22.9. The van der Waals surface area contributed by atoms with Crippen molar-refractivity contribution in [2.24, 2.45) is 13.0 Å². The summed E-state index contributed by atoms with van der Waals surface area (Å²) in [4.78, 5) is 11.1. The van der Waals surface area contributed by atoms with E-state index in [1.807, 2.05) is 11.7 Å². The lowest BCUT2D eigenvalue weighted by Crippen LogP contribution is -2.36. The van der Waals surface area contributed by atoms with E-state index in [0.29, 0.717) is 0 Å². The van der Waals surface area contributed by atoms with Crippen molar-refractivity contribution in [1.82, 2.24) is 15.1 Å². The van der Waals surface area contributed by atoms with Gasteiger partial charge in [-0.05, 0) is 41.6 Å². The molecule has 1 aromatic rings. The van der Waals surface area contributed by atoms with Crippen molar-refractivity contribution < 1.29 is 9.90 Å². The number of carboxylic acids is 1. The van der Waals surface area contributed by atoms with Crippen LogP contribution in [0.3, 0.4) is 0 Å². The van der Waals surface area contributed by atoms with Crippen LogP contribution in [0.5, 0.6) is 0 Å². The topological polar surface area (TPSA) is 67.2 Å². The van der Waals surface area contributed by atoms with Gasteiger partial charge in [-0.3, -0.25) is 9.48 Å². The van der Waals surface area contributed by atoms with Crippen LogP contribution in [0.15, 0.2) is 4.47 Å². The maximum Gasteiger partial charge on any atom is 0.306 e. The highest BCUT2D eigenvalue weighted by Gasteiger charge is 2.27. The number of nitrogens with zero attached hydrogens (tertiary/aromatic N) is 2. The average Bonchev–Trinajstić information content (AvgIpc) is 2.71. The molecule has 0 bridgehead atoms. The summed E-state index contributed by atoms with van der Waals surface area (Å²) < 4.78 is 2.97. The first-order valence-corrected chi connectivity index (χ1v) is 7.98. The molecular weight excluding hydrogens is 322 g/mol. The van der Waals surface area contributed by atoms with Crippen molar-refractivity contribution in [3.8, 4) is 0 Å². The van der Waals surface area contributed by atoms with Gasteiger partial charge in [0.2, 0.25) is 0 Å². The van der Waals surface area contributed by atoms with Crippen LogP contribution in [0.1, 0.15) is 44.0 Å². The molecule has 6 heteroatoms. The average molecular weight is 344 g/mol. The molecule has 2 rings (SSSR count). The highest BCUT2D eigenvalue weighted by molar-refractivity contribution is 9.10. The van der Waals surface area contributed by atoms with E-state index in [9.17, 15) is 4.79 Å². The first-order chi connectivity index (χ1) is 9.52. The summed E-state index contributed by atoms with van der Waals surface area (Å²) in [5, 5.41) is 17.1. The van der Waals surface area contributed by atoms with E-state index in [0.717, 1.165) is 54.5 Å². The van der Waals surface area contributed by atoms with Crippen LogP contribution in [0, 0.1) is 5.92 Å². The maximum atomic E-state index is 11.1. The predicted octanol–water partition coefficient (Wildman–Crippen LogP) is 2.48. The molecule has 0 aliphatic heterocycles. The lowest BCUT2D eigenvalue weighted by atomic mass is 9.86. The van der Waals surface area contributed by atoms with Gasteiger partial charge in [0.25, 0.3) is 0 Å². The summed E-state index contributed by atoms with van der Waals surface area (Å²) in [6.45, 7) is 2.81. The Kier molecular flexibility index (Phi) is 5.21. The zero-order chi connectivity index (χ0) is 14.7. The number of nitrogens with one attached hydrogen (secondary N) is 1. The van der Waals surface area contributed by atoms with Crippen LogP contribution in [-0.4, -0.2) is 26.9 Å². The lowest BCUT2D eigenvalue weighted by molar-refractivity contribution is -0.143. The second-order valence-corrected chi connectivity index (χ2v) is 6.26. The van der Waals surface area contributed by atoms with Gasteiger partial charge >= 0.3 is 5.97 Å². The fourth-order valence-electron chi connectivity index (χ4n) is 2.85. The Morgan fingerprint density at radius 1 is 1.55 bits per heavy atom. The minimum absolute atomic E-state index is 0.192. The first-order valence-electron chi connectivity index (χ1n) is 7.19. The third-order valence-electron chi connectivity index (χ3n) is 4.08. The standard InChI is InChI=1S/C14H22BrN3O2/c1-3-11-13(15)12(18(2)17-11)8-16-10-6-4-5-9(7-10)14(19)20/h9-10,16H,3-8H2,1-2H3,(H,19,20). The summed E-state index contributed by atoms with van der Waals surface area (Å²) in [5.41, 5.74) is 2.19. The Balaban J connectivity index is 1.95. The quantitative estimate of drug-likeness (QED) is 0.861. The molecule has 0 radical (unpaired) electrons. The number of carboxylic acid groups (broad SMARTS) is 1. The van der Waals surface area contributed by atoms with Gasteiger partial charge in [-0.1, -0.05) is 13.3 Å². The summed E-state index contributed by atoms with van der Waals surface area (Å²) in [6.07, 6.45) is 4.48. The highest BCUT2D eigenvalue weighted by Crippen LogP contribution is 2.26. The van der Waals surface area contributed by atoms with Gasteiger partial charge in [-0.25, -0.2) is 0 Å². The molecule has 2 unspecified atom stereocenters. The zero-order valence-corrected chi connectivity index (χ0v) is 13.6. The summed E-state index contributed by atoms with van der Waals surface area (Å²) >= 11 is 3.60. The molecule has 2 N–H and O–H groups in total. The Hall–Kier alpha value is -0.880. The zero-order valence-electron chi connectivity index (χ0n) is 12.0. The smallest absolute Gasteiger partial charge is 0.306 e. The minimum atomic E-state index is -0.661. The molecular formula is C14H22BrN3O2. The van der Waals surface area contributed by atoms with E-state index in [1.54, 1.807) is 0 Å². The van der Waals surface area contributed by atoms with Gasteiger partial charge in [0.1, 0.15) is 0 Å². The number of hydrogen-bond acceptors (Lipinski definition) is 3. The molecule has 1 saturated carbocycles. The van der Waals surface area contributed by atoms with Crippen molar-refractivity contribution >= 4 is 21.9 Å². The van der Waals surface area contributed by atoms with E-state index < -0.39 is 5.97 Å². The maximum absolute atomic E-state index is 11.1. The third-order valence-corrected chi connectivity index (χ3v) is 5.00. The molecule has 112 valence electrons. The minimum Gasteiger partial charge on any atom is -0.481 e. The van der Waals surface area contributed by atoms with Gasteiger partial charge < -0.3 is 10.4 Å². The second-order valence-electron chi connectivity index (χ2n) is 5.46. The molecule has 5 nitrogen and oxygen atoms in total. The van der Waals surface area contributed by atoms with Gasteiger partial charge in [0.15, 0.2) is 0 Å². The Labute approximate surface area is 127 Å². The monoisotopic (exact) mass is 343 g/mol. The Morgan fingerprint density at radius 2 is 2.30 bits per heavy atom. The summed E-state index contributed by atoms with van der Waals surface area (Å²) in [5.74, 6) is -0.853. The van der Waals surface area contributed by atoms with Crippen molar-refractivity contribution in [3.63, 3.8) is 0 Å². The van der Waals surface area contributed by atoms with Gasteiger partial charge in [0.05, 0.1) is 21.8 Å². The number of hydrogen-bond donors (Lipinski definition) is 2. The van der Waals surface area contributed by atoms with Crippen LogP contribution in [0.4, 0.5) is 0 Å². The molecule has 0 saturated heterocycles. The number of rotatable bonds is 5. The molecule has 0 aromatic carbocycles. The number of halogens is 1. The summed E-state index contributed by atoms with van der Waals surface area (Å²) in [7, 11) is 1.95. The fourth-order valence-corrected chi connectivity index (χ4v) is 3.61. The molecule has 1 aliphatic carbocycles. The number of aryl methyl sites for hydroxylation is 2. The molecule has 0 amide bonds. The SMILES string of the molecule is CCc1nn(C)c(CNC2CCCC(C(=O)O)C2)c1Br. The molecule has 1 fully saturated rings. The number of aliphatic carboxylic acids is 1. The van der Waals surface area contributed by atoms with Crippen molar-refractivity contribution in [3.05, 3.63) is 15.9 Å². The third kappa shape index (κ3) is 3.41. The molecule has 2 atom stereocenters. The van der Waals surface area contributed by atoms with Gasteiger partial charge in [-0.15, -0.1) is 0 Å². The van der Waals surface area contributed by atoms with Crippen LogP contribution < -0.4 is 5.32 Å². The van der Waals surface area contributed by atoms with Crippen molar-refractivity contribution in [2.75, 3.05) is 0 Å². The Bertz CT molecular complexity index is 487. The van der Waals surface area contributed by atoms with Gasteiger partial charge in [0, 0.05) is 19.6 Å². The van der Waals surface area contributed by atoms with Crippen LogP contribution in [-0.2, 0) is 24.8 Å². The van der Waals surface area contributed by atoms with E-state index >= 15 is 0 Å². The largest absolute Gasteiger partial charge is 0.481 e. The van der Waals surface area contributed by atoms with E-state index in [4.69, 9.17) is 5.11 Å². The lowest BCUT2D eigenvalue weighted by Gasteiger charge is -2.27. The highest BCUT2D eigenvalue weighted by atomic mass is 79.9. The molecule has 1 heterocycles. The molecule has 1 aliphatic rings. The van der Waals surface area contributed by atoms with E-state index in [2.05, 4.69) is 33.3 Å². The Morgan fingerprint density at radius 3 is 2.90 bits per heavy atom. The predicted molar refractivity (Wildman–Crippen MR) is 80.5 cm³/mol. The molecule has 0 spiro atoms. The van der Waals surface area contributed by atoms with Crippen LogP contribution in [0.2, 0.25) is 0 Å². The first kappa shape index (κ1) is 15.5. The fraction of sp³-hybridized carbons (Fsp3) is 0.714. The second kappa shape index (κ2) is 6.72. The van der Waals surface area contributed by atoms with Crippen LogP contribution >= 0.6 is 15.9 Å². The number of aromatic nitrogens is 2. The summed E-state index contributed by atoms with van der Waals surface area (Å²) in [6, 6.07) is 0.289. The van der Waals surface area contributed by atoms with Crippen molar-refractivity contribution in [2.45, 2.75) is 51.6 Å².